The lowest BCUT2D eigenvalue weighted by molar-refractivity contribution is 0.152. The lowest BCUT2D eigenvalue weighted by Crippen LogP contribution is -2.42. The molecule has 7 heteroatoms. The zero-order valence-electron chi connectivity index (χ0n) is 19.3. The van der Waals surface area contributed by atoms with E-state index >= 15 is 0 Å². The number of aliphatic hydroxyl groups excluding tert-OH is 1. The number of hydrogen-bond acceptors (Lipinski definition) is 4. The van der Waals surface area contributed by atoms with Gasteiger partial charge < -0.3 is 10.1 Å². The van der Waals surface area contributed by atoms with E-state index in [0.717, 1.165) is 53.7 Å². The number of aromatic nitrogens is 1. The Hall–Kier alpha value is -2.19. The lowest BCUT2D eigenvalue weighted by atomic mass is 10.0. The van der Waals surface area contributed by atoms with Gasteiger partial charge in [0, 0.05) is 41.8 Å². The molecular formula is C25H33N3O3S. The third-order valence-corrected chi connectivity index (χ3v) is 8.65. The molecule has 6 nitrogen and oxygen atoms in total. The van der Waals surface area contributed by atoms with E-state index in [1.54, 1.807) is 25.2 Å². The van der Waals surface area contributed by atoms with Gasteiger partial charge in [-0.05, 0) is 81.6 Å². The number of sulfonamides is 1. The Kier molecular flexibility index (Phi) is 6.20. The average molecular weight is 456 g/mol. The van der Waals surface area contributed by atoms with Gasteiger partial charge in [0.1, 0.15) is 0 Å². The van der Waals surface area contributed by atoms with Gasteiger partial charge in [0.25, 0.3) is 0 Å². The van der Waals surface area contributed by atoms with Crippen LogP contribution in [-0.2, 0) is 16.6 Å². The Morgan fingerprint density at radius 2 is 1.88 bits per heavy atom. The highest BCUT2D eigenvalue weighted by Crippen LogP contribution is 2.30. The first kappa shape index (κ1) is 23.0. The molecule has 0 spiro atoms. The normalized spacial score (nSPS) is 18.1. The van der Waals surface area contributed by atoms with Crippen LogP contribution in [0.5, 0.6) is 0 Å². The van der Waals surface area contributed by atoms with Gasteiger partial charge in [0.05, 0.1) is 11.5 Å². The SMILES string of the molecule is CN(C(C)(C)C)S(=O)(=O)c1cccc(-c2ccc3[nH]c(CN4CCC[C@@H]4CO)cc3c2)c1. The third-order valence-electron chi connectivity index (χ3n) is 6.53. The first-order valence-electron chi connectivity index (χ1n) is 11.2. The van der Waals surface area contributed by atoms with Crippen LogP contribution < -0.4 is 0 Å². The van der Waals surface area contributed by atoms with Gasteiger partial charge in [-0.1, -0.05) is 18.2 Å². The van der Waals surface area contributed by atoms with Crippen LogP contribution in [0.25, 0.3) is 22.0 Å². The van der Waals surface area contributed by atoms with Gasteiger partial charge in [-0.3, -0.25) is 4.90 Å². The van der Waals surface area contributed by atoms with E-state index in [-0.39, 0.29) is 12.6 Å². The third kappa shape index (κ3) is 4.48. The minimum atomic E-state index is -3.59. The minimum Gasteiger partial charge on any atom is -0.395 e. The van der Waals surface area contributed by atoms with Crippen LogP contribution >= 0.6 is 0 Å². The molecule has 1 fully saturated rings. The summed E-state index contributed by atoms with van der Waals surface area (Å²) in [5, 5.41) is 10.7. The number of fused-ring (bicyclic) bond motifs is 1. The molecule has 0 unspecified atom stereocenters. The fraction of sp³-hybridized carbons (Fsp3) is 0.440. The molecule has 2 heterocycles. The van der Waals surface area contributed by atoms with Crippen LogP contribution in [0.2, 0.25) is 0 Å². The molecule has 0 bridgehead atoms. The number of nitrogens with one attached hydrogen (secondary N) is 1. The maximum Gasteiger partial charge on any atom is 0.243 e. The van der Waals surface area contributed by atoms with Gasteiger partial charge >= 0.3 is 0 Å². The second-order valence-corrected chi connectivity index (χ2v) is 11.7. The molecule has 3 aromatic rings. The Balaban J connectivity index is 1.62. The summed E-state index contributed by atoms with van der Waals surface area (Å²) < 4.78 is 27.6. The molecule has 172 valence electrons. The first-order chi connectivity index (χ1) is 15.1. The van der Waals surface area contributed by atoms with Crippen LogP contribution in [0, 0.1) is 0 Å². The van der Waals surface area contributed by atoms with Crippen LogP contribution in [0.4, 0.5) is 0 Å². The zero-order chi connectivity index (χ0) is 23.1. The van der Waals surface area contributed by atoms with Crippen molar-refractivity contribution in [3.8, 4) is 11.1 Å². The van der Waals surface area contributed by atoms with Gasteiger partial charge in [-0.2, -0.15) is 4.31 Å². The van der Waals surface area contributed by atoms with Gasteiger partial charge in [0.15, 0.2) is 0 Å². The molecule has 0 radical (unpaired) electrons. The van der Waals surface area contributed by atoms with Crippen LogP contribution in [0.3, 0.4) is 0 Å². The highest BCUT2D eigenvalue weighted by molar-refractivity contribution is 7.89. The smallest absolute Gasteiger partial charge is 0.243 e. The minimum absolute atomic E-state index is 0.202. The summed E-state index contributed by atoms with van der Waals surface area (Å²) in [4.78, 5) is 6.11. The Bertz CT molecular complexity index is 1210. The van der Waals surface area contributed by atoms with Crippen LogP contribution in [0.15, 0.2) is 53.4 Å². The first-order valence-corrected chi connectivity index (χ1v) is 12.6. The van der Waals surface area contributed by atoms with Gasteiger partial charge in [-0.15, -0.1) is 0 Å². The summed E-state index contributed by atoms with van der Waals surface area (Å²) in [5.74, 6) is 0. The fourth-order valence-corrected chi connectivity index (χ4v) is 5.90. The van der Waals surface area contributed by atoms with Crippen LogP contribution in [0.1, 0.15) is 39.3 Å². The van der Waals surface area contributed by atoms with E-state index in [4.69, 9.17) is 0 Å². The molecule has 2 aromatic carbocycles. The van der Waals surface area contributed by atoms with Crippen molar-refractivity contribution in [1.82, 2.24) is 14.2 Å². The number of likely N-dealkylation sites (tertiary alicyclic amines) is 1. The standard InChI is InChI=1S/C25H33N3O3S/c1-25(2,3)27(4)32(30,31)23-9-5-7-18(15-23)19-10-11-24-20(13-19)14-21(26-24)16-28-12-6-8-22(28)17-29/h5,7,9-11,13-15,22,26,29H,6,8,12,16-17H2,1-4H3/t22-/m1/s1. The van der Waals surface area contributed by atoms with Crippen molar-refractivity contribution < 1.29 is 13.5 Å². The quantitative estimate of drug-likeness (QED) is 0.584. The molecule has 1 atom stereocenters. The van der Waals surface area contributed by atoms with Crippen molar-refractivity contribution in [3.05, 3.63) is 54.2 Å². The van der Waals surface area contributed by atoms with Gasteiger partial charge in [-0.25, -0.2) is 8.42 Å². The largest absolute Gasteiger partial charge is 0.395 e. The summed E-state index contributed by atoms with van der Waals surface area (Å²) >= 11 is 0. The molecule has 1 aliphatic heterocycles. The summed E-state index contributed by atoms with van der Waals surface area (Å²) in [5.41, 5.74) is 3.53. The maximum atomic E-state index is 13.1. The summed E-state index contributed by atoms with van der Waals surface area (Å²) in [7, 11) is -1.96. The number of rotatable bonds is 6. The molecule has 0 aliphatic carbocycles. The topological polar surface area (TPSA) is 76.6 Å². The molecule has 32 heavy (non-hydrogen) atoms. The van der Waals surface area contributed by atoms with Crippen molar-refractivity contribution in [2.75, 3.05) is 20.2 Å². The monoisotopic (exact) mass is 455 g/mol. The summed E-state index contributed by atoms with van der Waals surface area (Å²) in [6.45, 7) is 7.66. The molecule has 2 N–H and O–H groups in total. The van der Waals surface area contributed by atoms with Crippen molar-refractivity contribution in [2.45, 2.75) is 56.6 Å². The molecule has 1 aliphatic rings. The summed E-state index contributed by atoms with van der Waals surface area (Å²) in [6.07, 6.45) is 2.17. The van der Waals surface area contributed by atoms with E-state index in [1.165, 1.54) is 4.31 Å². The van der Waals surface area contributed by atoms with E-state index in [1.807, 2.05) is 39.0 Å². The van der Waals surface area contributed by atoms with E-state index in [9.17, 15) is 13.5 Å². The van der Waals surface area contributed by atoms with Crippen molar-refractivity contribution in [2.24, 2.45) is 0 Å². The lowest BCUT2D eigenvalue weighted by Gasteiger charge is -2.31. The Labute approximate surface area is 190 Å². The second kappa shape index (κ2) is 8.63. The molecule has 1 aromatic heterocycles. The van der Waals surface area contributed by atoms with E-state index in [0.29, 0.717) is 4.90 Å². The highest BCUT2D eigenvalue weighted by Gasteiger charge is 2.30. The van der Waals surface area contributed by atoms with Crippen molar-refractivity contribution >= 4 is 20.9 Å². The Morgan fingerprint density at radius 1 is 1.12 bits per heavy atom. The molecule has 1 saturated heterocycles. The predicted molar refractivity (Wildman–Crippen MR) is 129 cm³/mol. The van der Waals surface area contributed by atoms with Gasteiger partial charge in [0.2, 0.25) is 10.0 Å². The van der Waals surface area contributed by atoms with E-state index in [2.05, 4.69) is 22.0 Å². The number of nitrogens with zero attached hydrogens (tertiary/aromatic N) is 2. The maximum absolute atomic E-state index is 13.1. The van der Waals surface area contributed by atoms with Crippen LogP contribution in [-0.4, -0.2) is 59.5 Å². The zero-order valence-corrected chi connectivity index (χ0v) is 20.1. The van der Waals surface area contributed by atoms with Crippen molar-refractivity contribution in [1.29, 1.82) is 0 Å². The molecular weight excluding hydrogens is 422 g/mol. The Morgan fingerprint density at radius 3 is 2.59 bits per heavy atom. The predicted octanol–water partition coefficient (Wildman–Crippen LogP) is 4.21. The molecule has 0 saturated carbocycles. The molecule has 0 amide bonds. The van der Waals surface area contributed by atoms with Crippen molar-refractivity contribution in [3.63, 3.8) is 0 Å². The number of aliphatic hydroxyl groups is 1. The molecule has 4 rings (SSSR count). The fourth-order valence-electron chi connectivity index (χ4n) is 4.34. The number of hydrogen-bond donors (Lipinski definition) is 2. The highest BCUT2D eigenvalue weighted by atomic mass is 32.2. The number of aromatic amines is 1. The number of benzene rings is 2. The van der Waals surface area contributed by atoms with E-state index < -0.39 is 15.6 Å². The summed E-state index contributed by atoms with van der Waals surface area (Å²) in [6, 6.07) is 15.7. The number of H-pyrrole nitrogens is 1. The second-order valence-electron chi connectivity index (χ2n) is 9.72. The average Bonchev–Trinajstić information content (AvgIpc) is 3.38.